The van der Waals surface area contributed by atoms with Crippen LogP contribution in [0.3, 0.4) is 0 Å². The normalized spacial score (nSPS) is 10.4. The third-order valence-electron chi connectivity index (χ3n) is 4.03. The molecule has 3 aromatic rings. The van der Waals surface area contributed by atoms with Gasteiger partial charge in [0.2, 0.25) is 0 Å². The summed E-state index contributed by atoms with van der Waals surface area (Å²) in [6.45, 7) is 4.18. The van der Waals surface area contributed by atoms with Crippen molar-refractivity contribution in [1.82, 2.24) is 0 Å². The first kappa shape index (κ1) is 18.8. The molecule has 2 nitrogen and oxygen atoms in total. The van der Waals surface area contributed by atoms with Crippen LogP contribution in [0.4, 0.5) is 11.4 Å². The van der Waals surface area contributed by atoms with Crippen LogP contribution in [0.1, 0.15) is 11.1 Å². The molecule has 26 heavy (non-hydrogen) atoms. The van der Waals surface area contributed by atoms with Gasteiger partial charge in [-0.15, -0.1) is 0 Å². The molecule has 0 aromatic heterocycles. The fourth-order valence-corrected chi connectivity index (χ4v) is 3.70. The second-order valence-corrected chi connectivity index (χ2v) is 7.84. The van der Waals surface area contributed by atoms with Crippen LogP contribution in [0.2, 0.25) is 5.02 Å². The number of rotatable bonds is 4. The van der Waals surface area contributed by atoms with E-state index in [1.165, 1.54) is 11.1 Å². The topological polar surface area (TPSA) is 24.1 Å². The van der Waals surface area contributed by atoms with E-state index in [4.69, 9.17) is 23.8 Å². The summed E-state index contributed by atoms with van der Waals surface area (Å²) in [5.41, 5.74) is 4.41. The molecule has 0 bridgehead atoms. The fourth-order valence-electron chi connectivity index (χ4n) is 2.45. The highest BCUT2D eigenvalue weighted by Gasteiger charge is 2.08. The molecule has 2 N–H and O–H groups in total. The van der Waals surface area contributed by atoms with E-state index in [2.05, 4.69) is 36.6 Å². The lowest BCUT2D eigenvalue weighted by molar-refractivity contribution is 1.34. The van der Waals surface area contributed by atoms with Gasteiger partial charge in [0.25, 0.3) is 0 Å². The minimum Gasteiger partial charge on any atom is -0.332 e. The van der Waals surface area contributed by atoms with E-state index in [1.807, 2.05) is 54.6 Å². The highest BCUT2D eigenvalue weighted by molar-refractivity contribution is 7.99. The smallest absolute Gasteiger partial charge is 0.175 e. The van der Waals surface area contributed by atoms with Gasteiger partial charge in [0.05, 0.1) is 5.69 Å². The number of para-hydroxylation sites is 1. The largest absolute Gasteiger partial charge is 0.332 e. The first-order valence-corrected chi connectivity index (χ1v) is 9.80. The summed E-state index contributed by atoms with van der Waals surface area (Å²) in [7, 11) is 0. The minimum atomic E-state index is 0.572. The Labute approximate surface area is 169 Å². The Morgan fingerprint density at radius 2 is 1.50 bits per heavy atom. The summed E-state index contributed by atoms with van der Waals surface area (Å²) < 4.78 is 0. The average Bonchev–Trinajstić information content (AvgIpc) is 2.62. The molecule has 132 valence electrons. The van der Waals surface area contributed by atoms with Gasteiger partial charge in [-0.25, -0.2) is 0 Å². The molecule has 0 aliphatic rings. The van der Waals surface area contributed by atoms with E-state index in [0.717, 1.165) is 26.2 Å². The van der Waals surface area contributed by atoms with Gasteiger partial charge in [0, 0.05) is 20.5 Å². The van der Waals surface area contributed by atoms with Crippen molar-refractivity contribution in [2.75, 3.05) is 10.6 Å². The Balaban J connectivity index is 1.74. The number of anilines is 2. The molecule has 0 saturated carbocycles. The zero-order valence-electron chi connectivity index (χ0n) is 14.5. The molecule has 0 heterocycles. The zero-order valence-corrected chi connectivity index (χ0v) is 16.9. The van der Waals surface area contributed by atoms with Gasteiger partial charge in [-0.2, -0.15) is 0 Å². The molecule has 0 spiro atoms. The predicted octanol–water partition coefficient (Wildman–Crippen LogP) is 6.92. The Hall–Kier alpha value is -2.01. The first-order chi connectivity index (χ1) is 12.5. The van der Waals surface area contributed by atoms with Crippen molar-refractivity contribution in [2.24, 2.45) is 0 Å². The molecular weight excluding hydrogens is 380 g/mol. The molecule has 0 aliphatic carbocycles. The SMILES string of the molecule is Cc1cccc(NC(=S)Nc2ccccc2Sc2ccc(Cl)cc2)c1C. The molecule has 0 unspecified atom stereocenters. The lowest BCUT2D eigenvalue weighted by Gasteiger charge is -2.16. The van der Waals surface area contributed by atoms with E-state index >= 15 is 0 Å². The van der Waals surface area contributed by atoms with Crippen molar-refractivity contribution in [3.63, 3.8) is 0 Å². The highest BCUT2D eigenvalue weighted by Crippen LogP contribution is 2.34. The van der Waals surface area contributed by atoms with Crippen LogP contribution >= 0.6 is 35.6 Å². The quantitative estimate of drug-likeness (QED) is 0.466. The maximum Gasteiger partial charge on any atom is 0.175 e. The van der Waals surface area contributed by atoms with Gasteiger partial charge in [0.15, 0.2) is 5.11 Å². The number of thiocarbonyl (C=S) groups is 1. The molecule has 0 amide bonds. The van der Waals surface area contributed by atoms with Crippen molar-refractivity contribution < 1.29 is 0 Å². The number of aryl methyl sites for hydroxylation is 1. The summed E-state index contributed by atoms with van der Waals surface area (Å²) in [4.78, 5) is 2.22. The second kappa shape index (κ2) is 8.58. The van der Waals surface area contributed by atoms with E-state index in [9.17, 15) is 0 Å². The van der Waals surface area contributed by atoms with Gasteiger partial charge in [-0.05, 0) is 79.7 Å². The Morgan fingerprint density at radius 3 is 2.27 bits per heavy atom. The molecule has 0 aliphatic heterocycles. The minimum absolute atomic E-state index is 0.572. The average molecular weight is 399 g/mol. The van der Waals surface area contributed by atoms with Gasteiger partial charge >= 0.3 is 0 Å². The van der Waals surface area contributed by atoms with Crippen molar-refractivity contribution >= 4 is 52.1 Å². The Morgan fingerprint density at radius 1 is 0.846 bits per heavy atom. The highest BCUT2D eigenvalue weighted by atomic mass is 35.5. The van der Waals surface area contributed by atoms with Crippen LogP contribution < -0.4 is 10.6 Å². The monoisotopic (exact) mass is 398 g/mol. The Bertz CT molecular complexity index is 924. The van der Waals surface area contributed by atoms with Crippen molar-refractivity contribution in [2.45, 2.75) is 23.6 Å². The number of hydrogen-bond acceptors (Lipinski definition) is 2. The maximum absolute atomic E-state index is 5.97. The molecule has 0 radical (unpaired) electrons. The van der Waals surface area contributed by atoms with Gasteiger partial charge < -0.3 is 10.6 Å². The van der Waals surface area contributed by atoms with Crippen LogP contribution in [0.15, 0.2) is 76.5 Å². The van der Waals surface area contributed by atoms with Crippen LogP contribution in [0.25, 0.3) is 0 Å². The van der Waals surface area contributed by atoms with Gasteiger partial charge in [-0.3, -0.25) is 0 Å². The van der Waals surface area contributed by atoms with Crippen LogP contribution in [0, 0.1) is 13.8 Å². The van der Waals surface area contributed by atoms with E-state index in [1.54, 1.807) is 11.8 Å². The third kappa shape index (κ3) is 4.79. The van der Waals surface area contributed by atoms with Crippen molar-refractivity contribution in [3.05, 3.63) is 82.9 Å². The van der Waals surface area contributed by atoms with Crippen LogP contribution in [0.5, 0.6) is 0 Å². The summed E-state index contributed by atoms with van der Waals surface area (Å²) in [6, 6.07) is 22.1. The van der Waals surface area contributed by atoms with E-state index in [-0.39, 0.29) is 0 Å². The second-order valence-electron chi connectivity index (χ2n) is 5.88. The molecule has 0 saturated heterocycles. The summed E-state index contributed by atoms with van der Waals surface area (Å²) in [6.07, 6.45) is 0. The molecule has 3 rings (SSSR count). The number of nitrogens with one attached hydrogen (secondary N) is 2. The zero-order chi connectivity index (χ0) is 18.5. The summed E-state index contributed by atoms with van der Waals surface area (Å²) in [5.74, 6) is 0. The molecule has 3 aromatic carbocycles. The van der Waals surface area contributed by atoms with E-state index in [0.29, 0.717) is 5.11 Å². The Kier molecular flexibility index (Phi) is 6.20. The lowest BCUT2D eigenvalue weighted by atomic mass is 10.1. The number of hydrogen-bond donors (Lipinski definition) is 2. The summed E-state index contributed by atoms with van der Waals surface area (Å²) >= 11 is 13.2. The first-order valence-electron chi connectivity index (χ1n) is 8.19. The molecule has 0 atom stereocenters. The maximum atomic E-state index is 5.97. The van der Waals surface area contributed by atoms with E-state index < -0.39 is 0 Å². The summed E-state index contributed by atoms with van der Waals surface area (Å²) in [5, 5.41) is 7.91. The number of halogens is 1. The van der Waals surface area contributed by atoms with Crippen molar-refractivity contribution in [3.8, 4) is 0 Å². The predicted molar refractivity (Wildman–Crippen MR) is 118 cm³/mol. The van der Waals surface area contributed by atoms with Gasteiger partial charge in [0.1, 0.15) is 0 Å². The number of benzene rings is 3. The molecular formula is C21H19ClN2S2. The third-order valence-corrected chi connectivity index (χ3v) is 5.57. The fraction of sp³-hybridized carbons (Fsp3) is 0.0952. The molecule has 0 fully saturated rings. The van der Waals surface area contributed by atoms with Gasteiger partial charge in [-0.1, -0.05) is 47.6 Å². The van der Waals surface area contributed by atoms with Crippen LogP contribution in [-0.4, -0.2) is 5.11 Å². The standard InChI is InChI=1S/C21H19ClN2S2/c1-14-6-5-8-18(15(14)2)23-21(25)24-19-7-3-4-9-20(19)26-17-12-10-16(22)11-13-17/h3-13H,1-2H3,(H2,23,24,25). The van der Waals surface area contributed by atoms with Crippen molar-refractivity contribution in [1.29, 1.82) is 0 Å². The molecule has 5 heteroatoms. The van der Waals surface area contributed by atoms with Crippen LogP contribution in [-0.2, 0) is 0 Å². The lowest BCUT2D eigenvalue weighted by Crippen LogP contribution is -2.20.